The first-order chi connectivity index (χ1) is 12.5. The van der Waals surface area contributed by atoms with E-state index in [9.17, 15) is 10.0 Å². The Hall–Kier alpha value is -2.97. The molecule has 0 aromatic heterocycles. The lowest BCUT2D eigenvalue weighted by atomic mass is 9.91. The fourth-order valence-electron chi connectivity index (χ4n) is 3.31. The molecule has 2 aromatic carbocycles. The smallest absolute Gasteiger partial charge is 0.140 e. The average Bonchev–Trinajstić information content (AvgIpc) is 2.63. The van der Waals surface area contributed by atoms with E-state index in [-0.39, 0.29) is 5.75 Å². The molecule has 1 N–H and O–H groups in total. The van der Waals surface area contributed by atoms with Crippen LogP contribution in [0.25, 0.3) is 33.4 Å². The van der Waals surface area contributed by atoms with E-state index in [1.807, 2.05) is 44.2 Å². The van der Waals surface area contributed by atoms with Gasteiger partial charge in [0.1, 0.15) is 22.8 Å². The van der Waals surface area contributed by atoms with E-state index in [2.05, 4.69) is 14.0 Å². The molecule has 4 rings (SSSR count). The molecule has 0 fully saturated rings. The number of fused-ring (bicyclic) bond motifs is 2. The van der Waals surface area contributed by atoms with Crippen molar-refractivity contribution in [3.05, 3.63) is 69.5 Å². The molecule has 4 nitrogen and oxygen atoms in total. The van der Waals surface area contributed by atoms with Crippen molar-refractivity contribution in [3.8, 4) is 28.2 Å². The van der Waals surface area contributed by atoms with Crippen molar-refractivity contribution >= 4 is 25.5 Å². The molecule has 26 heavy (non-hydrogen) atoms. The Kier molecular flexibility index (Phi) is 3.86. The van der Waals surface area contributed by atoms with Gasteiger partial charge in [-0.25, -0.2) is 0 Å². The van der Waals surface area contributed by atoms with Crippen LogP contribution in [0.3, 0.4) is 0 Å². The first-order valence-corrected chi connectivity index (χ1v) is 8.68. The lowest BCUT2D eigenvalue weighted by Crippen LogP contribution is -1.94. The molecule has 1 heterocycles. The van der Waals surface area contributed by atoms with Gasteiger partial charge in [0, 0.05) is 32.6 Å². The molecular weight excluding hydrogens is 345 g/mol. The summed E-state index contributed by atoms with van der Waals surface area (Å²) in [5.74, 6) is 0.856. The molecule has 0 amide bonds. The van der Waals surface area contributed by atoms with Crippen molar-refractivity contribution in [1.82, 2.24) is 0 Å². The van der Waals surface area contributed by atoms with Gasteiger partial charge in [-0.3, -0.25) is 0 Å². The van der Waals surface area contributed by atoms with E-state index in [0.717, 1.165) is 27.0 Å². The molecule has 5 heteroatoms. The number of nitroso groups, excluding NO2 is 1. The Morgan fingerprint density at radius 3 is 2.54 bits per heavy atom. The third-order valence-electron chi connectivity index (χ3n) is 4.73. The predicted octanol–water partition coefficient (Wildman–Crippen LogP) is 6.60. The third-order valence-corrected chi connectivity index (χ3v) is 5.26. The molecule has 0 atom stereocenters. The number of aryl methyl sites for hydroxylation is 2. The van der Waals surface area contributed by atoms with Crippen LogP contribution in [0.1, 0.15) is 11.1 Å². The number of phenols is 1. The first kappa shape index (κ1) is 16.5. The highest BCUT2D eigenvalue weighted by Crippen LogP contribution is 2.45. The Balaban J connectivity index is 2.28. The number of para-hydroxylation sites is 1. The lowest BCUT2D eigenvalue weighted by molar-refractivity contribution is 0.477. The average molecular weight is 361 g/mol. The molecule has 2 aliphatic rings. The number of nitrogens with zero attached hydrogens (tertiary/aromatic N) is 1. The summed E-state index contributed by atoms with van der Waals surface area (Å²) in [7, 11) is 3.60. The first-order valence-electron chi connectivity index (χ1n) is 8.18. The standard InChI is InChI=1S/C21H16NO3P/c1-11-9-15-18(10-19(11)26)25-21-12(2)16(22-24)8-7-14(21)20(15)13-5-3-4-6-17(13)23/h3-10,23,26H,1-2H3. The van der Waals surface area contributed by atoms with E-state index >= 15 is 0 Å². The van der Waals surface area contributed by atoms with E-state index in [1.54, 1.807) is 18.2 Å². The summed E-state index contributed by atoms with van der Waals surface area (Å²) >= 11 is 0. The maximum atomic E-state index is 11.1. The second kappa shape index (κ2) is 6.08. The van der Waals surface area contributed by atoms with Crippen LogP contribution < -0.4 is 0 Å². The van der Waals surface area contributed by atoms with Gasteiger partial charge in [-0.15, -0.1) is 13.8 Å². The monoisotopic (exact) mass is 361 g/mol. The fourth-order valence-corrected chi connectivity index (χ4v) is 3.51. The van der Waals surface area contributed by atoms with Crippen molar-refractivity contribution in [3.63, 3.8) is 0 Å². The molecule has 0 unspecified atom stereocenters. The predicted molar refractivity (Wildman–Crippen MR) is 106 cm³/mol. The largest absolute Gasteiger partial charge is 0.507 e. The third kappa shape index (κ3) is 2.42. The van der Waals surface area contributed by atoms with Gasteiger partial charge in [-0.1, -0.05) is 18.2 Å². The van der Waals surface area contributed by atoms with Gasteiger partial charge >= 0.3 is 0 Å². The van der Waals surface area contributed by atoms with Gasteiger partial charge in [0.15, 0.2) is 0 Å². The summed E-state index contributed by atoms with van der Waals surface area (Å²) in [5.41, 5.74) is 5.14. The normalized spacial score (nSPS) is 11.2. The molecule has 0 radical (unpaired) electrons. The van der Waals surface area contributed by atoms with Crippen molar-refractivity contribution in [2.45, 2.75) is 13.8 Å². The molecule has 128 valence electrons. The number of benzene rings is 3. The maximum absolute atomic E-state index is 11.1. The number of aromatic hydroxyl groups is 1. The van der Waals surface area contributed by atoms with E-state index in [0.29, 0.717) is 28.2 Å². The number of phenolic OH excluding ortho intramolecular Hbond substituents is 1. The molecule has 0 bridgehead atoms. The number of hydrogen-bond donors (Lipinski definition) is 1. The fraction of sp³-hybridized carbons (Fsp3) is 0.0952. The quantitative estimate of drug-likeness (QED) is 0.248. The van der Waals surface area contributed by atoms with Crippen LogP contribution in [-0.2, 0) is 0 Å². The molecule has 1 aliphatic heterocycles. The molecule has 0 saturated carbocycles. The van der Waals surface area contributed by atoms with Crippen LogP contribution in [-0.4, -0.2) is 5.11 Å². The topological polar surface area (TPSA) is 62.8 Å². The Bertz CT molecular complexity index is 1210. The van der Waals surface area contributed by atoms with Crippen LogP contribution in [0, 0.1) is 23.7 Å². The summed E-state index contributed by atoms with van der Waals surface area (Å²) in [6, 6.07) is 14.7. The van der Waals surface area contributed by atoms with Crippen LogP contribution in [0.5, 0.6) is 5.75 Å². The second-order valence-electron chi connectivity index (χ2n) is 6.34. The minimum Gasteiger partial charge on any atom is -0.507 e. The minimum absolute atomic E-state index is 0.191. The Morgan fingerprint density at radius 2 is 1.81 bits per heavy atom. The molecule has 0 saturated heterocycles. The zero-order chi connectivity index (χ0) is 18.4. The highest BCUT2D eigenvalue weighted by Gasteiger charge is 2.21. The van der Waals surface area contributed by atoms with E-state index < -0.39 is 0 Å². The Morgan fingerprint density at radius 1 is 1.04 bits per heavy atom. The molecule has 2 aromatic rings. The zero-order valence-electron chi connectivity index (χ0n) is 14.3. The van der Waals surface area contributed by atoms with Crippen molar-refractivity contribution in [2.75, 3.05) is 0 Å². The number of rotatable bonds is 2. The van der Waals surface area contributed by atoms with Gasteiger partial charge < -0.3 is 9.52 Å². The summed E-state index contributed by atoms with van der Waals surface area (Å²) in [6.07, 6.45) is 0. The van der Waals surface area contributed by atoms with Crippen molar-refractivity contribution in [1.29, 1.82) is 0 Å². The van der Waals surface area contributed by atoms with Crippen LogP contribution in [0.15, 0.2) is 58.1 Å². The number of hydrogen-bond acceptors (Lipinski definition) is 4. The summed E-state index contributed by atoms with van der Waals surface area (Å²) < 4.78 is 6.15. The van der Waals surface area contributed by atoms with Crippen LogP contribution in [0.2, 0.25) is 0 Å². The summed E-state index contributed by atoms with van der Waals surface area (Å²) in [4.78, 5) is 12.0. The second-order valence-corrected chi connectivity index (χ2v) is 6.87. The summed E-state index contributed by atoms with van der Waals surface area (Å²) in [6.45, 7) is 3.82. The van der Waals surface area contributed by atoms with E-state index in [1.165, 1.54) is 0 Å². The van der Waals surface area contributed by atoms with E-state index in [4.69, 9.17) is 4.42 Å². The molecule has 1 aliphatic carbocycles. The lowest BCUT2D eigenvalue weighted by Gasteiger charge is -2.18. The van der Waals surface area contributed by atoms with Crippen molar-refractivity contribution < 1.29 is 9.52 Å². The summed E-state index contributed by atoms with van der Waals surface area (Å²) in [5, 5.41) is 14.4. The Labute approximate surface area is 152 Å². The van der Waals surface area contributed by atoms with Crippen molar-refractivity contribution in [2.24, 2.45) is 5.18 Å². The van der Waals surface area contributed by atoms with Gasteiger partial charge in [0.25, 0.3) is 0 Å². The van der Waals surface area contributed by atoms with Gasteiger partial charge in [0.05, 0.1) is 0 Å². The minimum atomic E-state index is 0.191. The van der Waals surface area contributed by atoms with Gasteiger partial charge in [-0.2, -0.15) is 0 Å². The molecule has 0 spiro atoms. The SMILES string of the molecule is Cc1cc2c(-c3ccccc3O)c3ccc(N=O)c(C)c3oc-2cc1=P. The van der Waals surface area contributed by atoms with Crippen LogP contribution >= 0.6 is 8.86 Å². The van der Waals surface area contributed by atoms with Crippen LogP contribution in [0.4, 0.5) is 5.69 Å². The highest BCUT2D eigenvalue weighted by atomic mass is 31.0. The van der Waals surface area contributed by atoms with Gasteiger partial charge in [-0.05, 0) is 54.9 Å². The molecular formula is C21H16NO3P. The maximum Gasteiger partial charge on any atom is 0.140 e. The zero-order valence-corrected chi connectivity index (χ0v) is 15.3. The highest BCUT2D eigenvalue weighted by molar-refractivity contribution is 7.07. The van der Waals surface area contributed by atoms with Gasteiger partial charge in [0.2, 0.25) is 0 Å².